The van der Waals surface area contributed by atoms with Gasteiger partial charge >= 0.3 is 0 Å². The van der Waals surface area contributed by atoms with Crippen LogP contribution in [0.3, 0.4) is 0 Å². The van der Waals surface area contributed by atoms with Gasteiger partial charge in [0.15, 0.2) is 0 Å². The largest absolute Gasteiger partial charge is 0.497 e. The Kier molecular flexibility index (Phi) is 2.29. The Hall–Kier alpha value is -2.61. The molecular formula is C20H15NO. The lowest BCUT2D eigenvalue weighted by Gasteiger charge is -2.07. The van der Waals surface area contributed by atoms with Gasteiger partial charge in [-0.2, -0.15) is 0 Å². The van der Waals surface area contributed by atoms with E-state index < -0.39 is 0 Å². The van der Waals surface area contributed by atoms with Gasteiger partial charge in [0.1, 0.15) is 5.75 Å². The SMILES string of the molecule is COc1ccc(C2=Nc3ccc4c5c(ccc2c35)CC4)cc1. The van der Waals surface area contributed by atoms with Crippen LogP contribution >= 0.6 is 0 Å². The number of benzene rings is 3. The summed E-state index contributed by atoms with van der Waals surface area (Å²) in [5.74, 6) is 0.876. The van der Waals surface area contributed by atoms with Crippen molar-refractivity contribution < 1.29 is 4.74 Å². The standard InChI is InChI=1S/C20H15NO/c1-22-15-8-4-14(5-9-15)20-16-10-6-12-2-3-13-7-11-17(21-20)19(16)18(12)13/h4-11H,2-3H2,1H3. The average Bonchev–Trinajstić information content (AvgIpc) is 3.14. The van der Waals surface area contributed by atoms with Gasteiger partial charge in [-0.25, -0.2) is 4.99 Å². The number of hydrogen-bond donors (Lipinski definition) is 0. The maximum absolute atomic E-state index is 5.25. The van der Waals surface area contributed by atoms with Crippen molar-refractivity contribution in [1.29, 1.82) is 0 Å². The highest BCUT2D eigenvalue weighted by Gasteiger charge is 2.25. The molecule has 0 spiro atoms. The lowest BCUT2D eigenvalue weighted by molar-refractivity contribution is 0.415. The number of nitrogens with zero attached hydrogens (tertiary/aromatic N) is 1. The van der Waals surface area contributed by atoms with Gasteiger partial charge in [-0.05, 0) is 59.7 Å². The van der Waals surface area contributed by atoms with Crippen molar-refractivity contribution in [3.05, 3.63) is 70.8 Å². The minimum absolute atomic E-state index is 0.876. The van der Waals surface area contributed by atoms with Crippen LogP contribution in [-0.2, 0) is 12.8 Å². The molecule has 22 heavy (non-hydrogen) atoms. The van der Waals surface area contributed by atoms with Crippen molar-refractivity contribution in [3.8, 4) is 5.75 Å². The minimum atomic E-state index is 0.876. The summed E-state index contributed by atoms with van der Waals surface area (Å²) in [5.41, 5.74) is 7.55. The average molecular weight is 285 g/mol. The van der Waals surface area contributed by atoms with Gasteiger partial charge in [-0.15, -0.1) is 0 Å². The smallest absolute Gasteiger partial charge is 0.118 e. The van der Waals surface area contributed by atoms with Crippen molar-refractivity contribution in [3.63, 3.8) is 0 Å². The predicted molar refractivity (Wildman–Crippen MR) is 89.6 cm³/mol. The lowest BCUT2D eigenvalue weighted by atomic mass is 9.95. The van der Waals surface area contributed by atoms with Crippen LogP contribution in [0.5, 0.6) is 5.75 Å². The molecule has 1 aliphatic carbocycles. The zero-order valence-electron chi connectivity index (χ0n) is 12.4. The van der Waals surface area contributed by atoms with Crippen molar-refractivity contribution in [2.24, 2.45) is 4.99 Å². The summed E-state index contributed by atoms with van der Waals surface area (Å²) in [5, 5.41) is 2.79. The number of aliphatic imine (C=N–C) groups is 1. The second kappa shape index (κ2) is 4.20. The fourth-order valence-corrected chi connectivity index (χ4v) is 3.75. The highest BCUT2D eigenvalue weighted by Crippen LogP contribution is 2.43. The molecule has 0 atom stereocenters. The Morgan fingerprint density at radius 3 is 2.27 bits per heavy atom. The van der Waals surface area contributed by atoms with Crippen LogP contribution < -0.4 is 4.74 Å². The van der Waals surface area contributed by atoms with Crippen LogP contribution in [-0.4, -0.2) is 12.8 Å². The molecule has 1 aliphatic heterocycles. The quantitative estimate of drug-likeness (QED) is 0.534. The van der Waals surface area contributed by atoms with E-state index in [1.54, 1.807) is 7.11 Å². The Morgan fingerprint density at radius 2 is 1.55 bits per heavy atom. The van der Waals surface area contributed by atoms with Crippen LogP contribution in [0.4, 0.5) is 5.69 Å². The lowest BCUT2D eigenvalue weighted by Crippen LogP contribution is -2.00. The van der Waals surface area contributed by atoms with E-state index >= 15 is 0 Å². The van der Waals surface area contributed by atoms with Gasteiger partial charge in [0, 0.05) is 16.5 Å². The molecule has 2 nitrogen and oxygen atoms in total. The summed E-state index contributed by atoms with van der Waals surface area (Å²) in [6.45, 7) is 0. The number of ether oxygens (including phenoxy) is 1. The highest BCUT2D eigenvalue weighted by atomic mass is 16.5. The third-order valence-electron chi connectivity index (χ3n) is 4.83. The monoisotopic (exact) mass is 285 g/mol. The fourth-order valence-electron chi connectivity index (χ4n) is 3.75. The Bertz CT molecular complexity index is 941. The Labute approximate surface area is 129 Å². The first-order chi connectivity index (χ1) is 10.8. The van der Waals surface area contributed by atoms with Crippen molar-refractivity contribution >= 4 is 22.2 Å². The highest BCUT2D eigenvalue weighted by molar-refractivity contribution is 6.27. The normalized spacial score (nSPS) is 14.5. The molecule has 3 aromatic carbocycles. The first-order valence-electron chi connectivity index (χ1n) is 7.66. The van der Waals surface area contributed by atoms with Gasteiger partial charge in [0.05, 0.1) is 18.5 Å². The van der Waals surface area contributed by atoms with Gasteiger partial charge in [-0.3, -0.25) is 0 Å². The topological polar surface area (TPSA) is 21.6 Å². The zero-order chi connectivity index (χ0) is 14.7. The second-order valence-electron chi connectivity index (χ2n) is 5.95. The molecule has 106 valence electrons. The molecule has 0 radical (unpaired) electrons. The van der Waals surface area contributed by atoms with Crippen LogP contribution in [0, 0.1) is 0 Å². The molecule has 2 aliphatic rings. The van der Waals surface area contributed by atoms with Crippen molar-refractivity contribution in [2.75, 3.05) is 7.11 Å². The van der Waals surface area contributed by atoms with E-state index in [-0.39, 0.29) is 0 Å². The molecule has 0 N–H and O–H groups in total. The zero-order valence-corrected chi connectivity index (χ0v) is 12.4. The summed E-state index contributed by atoms with van der Waals surface area (Å²) in [6, 6.07) is 17.1. The third-order valence-corrected chi connectivity index (χ3v) is 4.83. The van der Waals surface area contributed by atoms with Crippen molar-refractivity contribution in [1.82, 2.24) is 0 Å². The van der Waals surface area contributed by atoms with Gasteiger partial charge in [-0.1, -0.05) is 18.2 Å². The van der Waals surface area contributed by atoms with E-state index in [9.17, 15) is 0 Å². The number of methoxy groups -OCH3 is 1. The summed E-state index contributed by atoms with van der Waals surface area (Å²) in [4.78, 5) is 4.91. The molecule has 0 aromatic heterocycles. The third kappa shape index (κ3) is 1.47. The van der Waals surface area contributed by atoms with Crippen LogP contribution in [0.2, 0.25) is 0 Å². The summed E-state index contributed by atoms with van der Waals surface area (Å²) >= 11 is 0. The summed E-state index contributed by atoms with van der Waals surface area (Å²) in [6.07, 6.45) is 2.32. The number of aryl methyl sites for hydroxylation is 2. The second-order valence-corrected chi connectivity index (χ2v) is 5.95. The molecule has 3 aromatic rings. The van der Waals surface area contributed by atoms with Gasteiger partial charge in [0.25, 0.3) is 0 Å². The molecule has 0 saturated heterocycles. The van der Waals surface area contributed by atoms with E-state index in [0.29, 0.717) is 0 Å². The molecule has 0 bridgehead atoms. The molecule has 5 rings (SSSR count). The first kappa shape index (κ1) is 12.0. The molecule has 0 fully saturated rings. The Balaban J connectivity index is 1.75. The van der Waals surface area contributed by atoms with Gasteiger partial charge in [0.2, 0.25) is 0 Å². The van der Waals surface area contributed by atoms with E-state index in [2.05, 4.69) is 36.4 Å². The predicted octanol–water partition coefficient (Wildman–Crippen LogP) is 4.43. The Morgan fingerprint density at radius 1 is 0.818 bits per heavy atom. The molecular weight excluding hydrogens is 270 g/mol. The fraction of sp³-hybridized carbons (Fsp3) is 0.150. The number of rotatable bonds is 2. The molecule has 2 heteroatoms. The minimum Gasteiger partial charge on any atom is -0.497 e. The maximum Gasteiger partial charge on any atom is 0.118 e. The van der Waals surface area contributed by atoms with E-state index in [4.69, 9.17) is 9.73 Å². The molecule has 1 heterocycles. The summed E-state index contributed by atoms with van der Waals surface area (Å²) < 4.78 is 5.25. The van der Waals surface area contributed by atoms with Crippen LogP contribution in [0.15, 0.2) is 53.5 Å². The van der Waals surface area contributed by atoms with Crippen LogP contribution in [0.1, 0.15) is 22.3 Å². The molecule has 0 amide bonds. The van der Waals surface area contributed by atoms with Crippen LogP contribution in [0.25, 0.3) is 10.8 Å². The first-order valence-corrected chi connectivity index (χ1v) is 7.66. The van der Waals surface area contributed by atoms with Gasteiger partial charge < -0.3 is 4.74 Å². The molecule has 0 unspecified atom stereocenters. The molecule has 0 saturated carbocycles. The summed E-state index contributed by atoms with van der Waals surface area (Å²) in [7, 11) is 1.69. The maximum atomic E-state index is 5.25. The van der Waals surface area contributed by atoms with E-state index in [1.807, 2.05) is 12.1 Å². The number of hydrogen-bond acceptors (Lipinski definition) is 2. The van der Waals surface area contributed by atoms with Crippen molar-refractivity contribution in [2.45, 2.75) is 12.8 Å². The van der Waals surface area contributed by atoms with E-state index in [1.165, 1.54) is 27.5 Å². The van der Waals surface area contributed by atoms with E-state index in [0.717, 1.165) is 35.6 Å².